The molecule has 1 heterocycles. The van der Waals surface area contributed by atoms with Gasteiger partial charge in [0.2, 0.25) is 11.8 Å². The summed E-state index contributed by atoms with van der Waals surface area (Å²) in [4.78, 5) is 41.5. The lowest BCUT2D eigenvalue weighted by atomic mass is 9.78. The number of halogens is 1. The minimum absolute atomic E-state index is 0.0654. The highest BCUT2D eigenvalue weighted by Gasteiger charge is 2.35. The summed E-state index contributed by atoms with van der Waals surface area (Å²) < 4.78 is 5.05. The molecule has 7 heteroatoms. The standard InChI is InChI=1S/C26H37ClN2O4/c1-2-33-26(32)19-28(18-16-20-12-14-22(27)15-13-20)24(30)10-5-11-25(31)29-17-6-8-21-7-3-4-9-23(21)29/h12-15,21,23H,2-11,16-19H2,1H3. The molecule has 2 atom stereocenters. The van der Waals surface area contributed by atoms with Crippen molar-refractivity contribution in [3.8, 4) is 0 Å². The lowest BCUT2D eigenvalue weighted by Gasteiger charge is -2.44. The molecule has 6 nitrogen and oxygen atoms in total. The van der Waals surface area contributed by atoms with Crippen molar-refractivity contribution in [3.63, 3.8) is 0 Å². The zero-order chi connectivity index (χ0) is 23.6. The third kappa shape index (κ3) is 7.73. The van der Waals surface area contributed by atoms with Gasteiger partial charge in [-0.3, -0.25) is 14.4 Å². The summed E-state index contributed by atoms with van der Waals surface area (Å²) >= 11 is 5.95. The van der Waals surface area contributed by atoms with Crippen molar-refractivity contribution in [2.24, 2.45) is 5.92 Å². The SMILES string of the molecule is CCOC(=O)CN(CCc1ccc(Cl)cc1)C(=O)CCCC(=O)N1CCCC2CCCCC21. The number of amides is 2. The third-order valence-electron chi connectivity index (χ3n) is 6.91. The molecule has 2 aliphatic rings. The van der Waals surface area contributed by atoms with Gasteiger partial charge < -0.3 is 14.5 Å². The highest BCUT2D eigenvalue weighted by atomic mass is 35.5. The van der Waals surface area contributed by atoms with E-state index in [9.17, 15) is 14.4 Å². The van der Waals surface area contributed by atoms with Gasteiger partial charge in [-0.2, -0.15) is 0 Å². The first kappa shape index (κ1) is 25.5. The number of fused-ring (bicyclic) bond motifs is 1. The Morgan fingerprint density at radius 1 is 1.06 bits per heavy atom. The van der Waals surface area contributed by atoms with Crippen molar-refractivity contribution in [3.05, 3.63) is 34.9 Å². The fraction of sp³-hybridized carbons (Fsp3) is 0.654. The fourth-order valence-corrected chi connectivity index (χ4v) is 5.32. The highest BCUT2D eigenvalue weighted by Crippen LogP contribution is 2.35. The van der Waals surface area contributed by atoms with Crippen LogP contribution in [-0.2, 0) is 25.5 Å². The summed E-state index contributed by atoms with van der Waals surface area (Å²) in [5.41, 5.74) is 1.04. The molecule has 0 spiro atoms. The van der Waals surface area contributed by atoms with E-state index in [4.69, 9.17) is 16.3 Å². The molecule has 0 N–H and O–H groups in total. The monoisotopic (exact) mass is 476 g/mol. The van der Waals surface area contributed by atoms with Gasteiger partial charge >= 0.3 is 5.97 Å². The van der Waals surface area contributed by atoms with Gasteiger partial charge in [-0.05, 0) is 69.1 Å². The molecular formula is C26H37ClN2O4. The molecule has 1 saturated heterocycles. The molecule has 182 valence electrons. The van der Waals surface area contributed by atoms with Crippen molar-refractivity contribution in [1.82, 2.24) is 9.80 Å². The lowest BCUT2D eigenvalue weighted by Crippen LogP contribution is -2.49. The zero-order valence-electron chi connectivity index (χ0n) is 19.8. The Labute approximate surface area is 202 Å². The summed E-state index contributed by atoms with van der Waals surface area (Å²) in [6, 6.07) is 7.88. The quantitative estimate of drug-likeness (QED) is 0.462. The maximum atomic E-state index is 12.9. The normalized spacial score (nSPS) is 20.1. The molecule has 1 aliphatic heterocycles. The number of rotatable bonds is 10. The number of likely N-dealkylation sites (tertiary alicyclic amines) is 1. The van der Waals surface area contributed by atoms with Crippen LogP contribution in [0, 0.1) is 5.92 Å². The minimum atomic E-state index is -0.408. The van der Waals surface area contributed by atoms with Crippen molar-refractivity contribution < 1.29 is 19.1 Å². The van der Waals surface area contributed by atoms with E-state index in [0.29, 0.717) is 42.8 Å². The summed E-state index contributed by atoms with van der Waals surface area (Å²) in [6.07, 6.45) is 8.95. The van der Waals surface area contributed by atoms with Gasteiger partial charge in [0.05, 0.1) is 6.61 Å². The van der Waals surface area contributed by atoms with Crippen molar-refractivity contribution >= 4 is 29.4 Å². The van der Waals surface area contributed by atoms with Gasteiger partial charge in [0, 0.05) is 37.0 Å². The minimum Gasteiger partial charge on any atom is -0.465 e. The largest absolute Gasteiger partial charge is 0.465 e. The number of carbonyl (C=O) groups excluding carboxylic acids is 3. The van der Waals surface area contributed by atoms with E-state index in [0.717, 1.165) is 24.9 Å². The van der Waals surface area contributed by atoms with Crippen molar-refractivity contribution in [1.29, 1.82) is 0 Å². The molecule has 1 aromatic rings. The first-order chi connectivity index (χ1) is 16.0. The van der Waals surface area contributed by atoms with Crippen LogP contribution in [-0.4, -0.2) is 59.9 Å². The number of benzene rings is 1. The van der Waals surface area contributed by atoms with E-state index in [-0.39, 0.29) is 31.4 Å². The number of ether oxygens (including phenoxy) is 1. The predicted molar refractivity (Wildman–Crippen MR) is 129 cm³/mol. The van der Waals surface area contributed by atoms with E-state index < -0.39 is 5.97 Å². The Hall–Kier alpha value is -2.08. The molecule has 0 aromatic heterocycles. The first-order valence-corrected chi connectivity index (χ1v) is 12.8. The van der Waals surface area contributed by atoms with Gasteiger partial charge in [0.1, 0.15) is 6.54 Å². The number of esters is 1. The van der Waals surface area contributed by atoms with Crippen LogP contribution in [0.2, 0.25) is 5.02 Å². The maximum absolute atomic E-state index is 12.9. The second-order valence-corrected chi connectivity index (χ2v) is 9.63. The second-order valence-electron chi connectivity index (χ2n) is 9.19. The smallest absolute Gasteiger partial charge is 0.325 e. The molecule has 0 radical (unpaired) electrons. The molecule has 1 saturated carbocycles. The highest BCUT2D eigenvalue weighted by molar-refractivity contribution is 6.30. The third-order valence-corrected chi connectivity index (χ3v) is 7.16. The van der Waals surface area contributed by atoms with Crippen LogP contribution in [0.4, 0.5) is 0 Å². The molecule has 2 amide bonds. The molecule has 2 fully saturated rings. The van der Waals surface area contributed by atoms with Gasteiger partial charge in [-0.1, -0.05) is 36.6 Å². The van der Waals surface area contributed by atoms with Crippen LogP contribution in [0.3, 0.4) is 0 Å². The van der Waals surface area contributed by atoms with E-state index >= 15 is 0 Å². The van der Waals surface area contributed by atoms with Crippen LogP contribution in [0.1, 0.15) is 70.3 Å². The predicted octanol–water partition coefficient (Wildman–Crippen LogP) is 4.63. The maximum Gasteiger partial charge on any atom is 0.325 e. The van der Waals surface area contributed by atoms with Crippen LogP contribution in [0.5, 0.6) is 0 Å². The second kappa shape index (κ2) is 13.0. The Kier molecular flexibility index (Phi) is 10.0. The molecule has 2 unspecified atom stereocenters. The van der Waals surface area contributed by atoms with Gasteiger partial charge in [0.25, 0.3) is 0 Å². The van der Waals surface area contributed by atoms with Crippen LogP contribution < -0.4 is 0 Å². The molecule has 1 aromatic carbocycles. The van der Waals surface area contributed by atoms with Gasteiger partial charge in [-0.25, -0.2) is 0 Å². The summed E-state index contributed by atoms with van der Waals surface area (Å²) in [5.74, 6) is 0.317. The van der Waals surface area contributed by atoms with Gasteiger partial charge in [0.15, 0.2) is 0 Å². The summed E-state index contributed by atoms with van der Waals surface area (Å²) in [6.45, 7) is 3.24. The topological polar surface area (TPSA) is 66.9 Å². The molecule has 33 heavy (non-hydrogen) atoms. The summed E-state index contributed by atoms with van der Waals surface area (Å²) in [7, 11) is 0. The number of nitrogens with zero attached hydrogens (tertiary/aromatic N) is 2. The van der Waals surface area contributed by atoms with E-state index in [1.807, 2.05) is 24.3 Å². The first-order valence-electron chi connectivity index (χ1n) is 12.4. The van der Waals surface area contributed by atoms with E-state index in [2.05, 4.69) is 4.90 Å². The zero-order valence-corrected chi connectivity index (χ0v) is 20.5. The van der Waals surface area contributed by atoms with E-state index in [1.165, 1.54) is 25.7 Å². The lowest BCUT2D eigenvalue weighted by molar-refractivity contribution is -0.149. The van der Waals surface area contributed by atoms with Crippen LogP contribution >= 0.6 is 11.6 Å². The average molecular weight is 477 g/mol. The number of piperidine rings is 1. The molecule has 0 bridgehead atoms. The Morgan fingerprint density at radius 2 is 1.79 bits per heavy atom. The number of hydrogen-bond donors (Lipinski definition) is 0. The molecule has 1 aliphatic carbocycles. The average Bonchev–Trinajstić information content (AvgIpc) is 2.82. The van der Waals surface area contributed by atoms with Crippen molar-refractivity contribution in [2.75, 3.05) is 26.2 Å². The Balaban J connectivity index is 1.50. The summed E-state index contributed by atoms with van der Waals surface area (Å²) in [5, 5.41) is 0.663. The fourth-order valence-electron chi connectivity index (χ4n) is 5.20. The van der Waals surface area contributed by atoms with E-state index in [1.54, 1.807) is 11.8 Å². The Morgan fingerprint density at radius 3 is 2.55 bits per heavy atom. The number of carbonyl (C=O) groups is 3. The van der Waals surface area contributed by atoms with Gasteiger partial charge in [-0.15, -0.1) is 0 Å². The number of hydrogen-bond acceptors (Lipinski definition) is 4. The van der Waals surface area contributed by atoms with Crippen LogP contribution in [0.25, 0.3) is 0 Å². The Bertz CT molecular complexity index is 796. The molecular weight excluding hydrogens is 440 g/mol. The molecule has 3 rings (SSSR count). The van der Waals surface area contributed by atoms with Crippen LogP contribution in [0.15, 0.2) is 24.3 Å². The van der Waals surface area contributed by atoms with Crippen molar-refractivity contribution in [2.45, 2.75) is 77.2 Å².